The van der Waals surface area contributed by atoms with Gasteiger partial charge in [0, 0.05) is 29.4 Å². The Bertz CT molecular complexity index is 723. The molecular weight excluding hydrogens is 339 g/mol. The number of halogens is 3. The number of aromatic nitrogens is 1. The quantitative estimate of drug-likeness (QED) is 0.605. The molecule has 25 heavy (non-hydrogen) atoms. The lowest BCUT2D eigenvalue weighted by molar-refractivity contribution is -0.305. The average Bonchev–Trinajstić information content (AvgIpc) is 2.72. The van der Waals surface area contributed by atoms with Crippen molar-refractivity contribution < 1.29 is 32.2 Å². The van der Waals surface area contributed by atoms with Crippen LogP contribution in [-0.4, -0.2) is 28.3 Å². The molecule has 0 aromatic carbocycles. The van der Waals surface area contributed by atoms with Gasteiger partial charge in [-0.1, -0.05) is 0 Å². The van der Waals surface area contributed by atoms with Crippen molar-refractivity contribution in [3.05, 3.63) is 28.8 Å². The number of Topliss-reactive ketones (excluding diaryl/α,β-unsaturated/α-hetero) is 1. The van der Waals surface area contributed by atoms with Crippen LogP contribution < -0.4 is 0 Å². The number of ketones is 1. The van der Waals surface area contributed by atoms with Crippen molar-refractivity contribution in [3.8, 4) is 0 Å². The largest absolute Gasteiger partial charge is 0.572 e. The van der Waals surface area contributed by atoms with Gasteiger partial charge in [-0.15, -0.1) is 13.2 Å². The summed E-state index contributed by atoms with van der Waals surface area (Å²) in [6, 6.07) is 0. The Hall–Kier alpha value is -2.25. The number of esters is 1. The van der Waals surface area contributed by atoms with Gasteiger partial charge < -0.3 is 14.0 Å². The lowest BCUT2D eigenvalue weighted by Crippen LogP contribution is -2.27. The second-order valence-corrected chi connectivity index (χ2v) is 6.83. The van der Waals surface area contributed by atoms with Gasteiger partial charge in [-0.3, -0.25) is 9.59 Å². The van der Waals surface area contributed by atoms with E-state index in [-0.39, 0.29) is 36.5 Å². The third kappa shape index (κ3) is 5.11. The van der Waals surface area contributed by atoms with E-state index in [9.17, 15) is 22.8 Å². The first-order valence-electron chi connectivity index (χ1n) is 7.77. The van der Waals surface area contributed by atoms with E-state index in [1.165, 1.54) is 19.2 Å². The molecule has 1 heterocycles. The van der Waals surface area contributed by atoms with Crippen LogP contribution in [0.3, 0.4) is 0 Å². The van der Waals surface area contributed by atoms with E-state index in [0.29, 0.717) is 11.3 Å². The average molecular weight is 359 g/mol. The molecule has 0 atom stereocenters. The Morgan fingerprint density at radius 1 is 1.20 bits per heavy atom. The molecule has 0 N–H and O–H groups in total. The van der Waals surface area contributed by atoms with Crippen LogP contribution in [0.4, 0.5) is 13.2 Å². The molecule has 1 aliphatic carbocycles. The number of hydrogen-bond donors (Lipinski definition) is 0. The highest BCUT2D eigenvalue weighted by Crippen LogP contribution is 2.33. The smallest absolute Gasteiger partial charge is 0.459 e. The number of carbonyl (C=O) groups is 2. The lowest BCUT2D eigenvalue weighted by atomic mass is 9.99. The van der Waals surface area contributed by atoms with Crippen LogP contribution in [0.25, 0.3) is 6.08 Å². The van der Waals surface area contributed by atoms with E-state index < -0.39 is 17.9 Å². The number of ether oxygens (including phenoxy) is 2. The third-order valence-corrected chi connectivity index (χ3v) is 3.49. The maximum absolute atomic E-state index is 12.4. The number of hydrogen-bond acceptors (Lipinski definition) is 4. The summed E-state index contributed by atoms with van der Waals surface area (Å²) in [4.78, 5) is 23.8. The maximum atomic E-state index is 12.4. The molecule has 0 amide bonds. The van der Waals surface area contributed by atoms with Gasteiger partial charge in [0.25, 0.3) is 0 Å². The van der Waals surface area contributed by atoms with Crippen molar-refractivity contribution in [3.63, 3.8) is 0 Å². The van der Waals surface area contributed by atoms with E-state index >= 15 is 0 Å². The summed E-state index contributed by atoms with van der Waals surface area (Å²) in [5.74, 6) is -1.04. The zero-order valence-corrected chi connectivity index (χ0v) is 14.5. The molecule has 0 bridgehead atoms. The summed E-state index contributed by atoms with van der Waals surface area (Å²) in [5.41, 5.74) is 0.579. The van der Waals surface area contributed by atoms with Crippen molar-refractivity contribution in [2.75, 3.05) is 0 Å². The fourth-order valence-electron chi connectivity index (χ4n) is 2.69. The number of carbonyl (C=O) groups excluding carboxylic acids is 2. The second-order valence-electron chi connectivity index (χ2n) is 6.83. The number of rotatable bonds is 4. The van der Waals surface area contributed by atoms with Crippen molar-refractivity contribution in [1.82, 2.24) is 4.57 Å². The minimum absolute atomic E-state index is 0.0299. The maximum Gasteiger partial charge on any atom is 0.572 e. The molecule has 1 aliphatic rings. The van der Waals surface area contributed by atoms with Crippen LogP contribution in [0.2, 0.25) is 0 Å². The summed E-state index contributed by atoms with van der Waals surface area (Å²) < 4.78 is 48.0. The monoisotopic (exact) mass is 359 g/mol. The molecule has 0 radical (unpaired) electrons. The zero-order chi connectivity index (χ0) is 19.0. The molecule has 0 saturated carbocycles. The van der Waals surface area contributed by atoms with Gasteiger partial charge in [-0.25, -0.2) is 0 Å². The van der Waals surface area contributed by atoms with Gasteiger partial charge in [0.15, 0.2) is 5.78 Å². The zero-order valence-electron chi connectivity index (χ0n) is 14.5. The second kappa shape index (κ2) is 6.57. The van der Waals surface area contributed by atoms with Crippen molar-refractivity contribution >= 4 is 17.8 Å². The molecule has 1 aromatic heterocycles. The van der Waals surface area contributed by atoms with Gasteiger partial charge >= 0.3 is 12.3 Å². The van der Waals surface area contributed by atoms with Crippen LogP contribution in [0.1, 0.15) is 55.7 Å². The molecule has 8 heteroatoms. The van der Waals surface area contributed by atoms with Gasteiger partial charge in [-0.05, 0) is 40.2 Å². The fourth-order valence-corrected chi connectivity index (χ4v) is 2.69. The fraction of sp³-hybridized carbons (Fsp3) is 0.529. The first-order valence-corrected chi connectivity index (χ1v) is 7.77. The molecule has 0 spiro atoms. The predicted octanol–water partition coefficient (Wildman–Crippen LogP) is 3.86. The Balaban J connectivity index is 2.33. The van der Waals surface area contributed by atoms with E-state index in [0.717, 1.165) is 0 Å². The Kier molecular flexibility index (Phi) is 5.02. The third-order valence-electron chi connectivity index (χ3n) is 3.49. The molecule has 138 valence electrons. The topological polar surface area (TPSA) is 57.5 Å². The number of alkyl halides is 3. The minimum atomic E-state index is -4.78. The van der Waals surface area contributed by atoms with Crippen LogP contribution in [-0.2, 0) is 27.2 Å². The lowest BCUT2D eigenvalue weighted by Gasteiger charge is -2.21. The highest BCUT2D eigenvalue weighted by molar-refractivity contribution is 5.98. The van der Waals surface area contributed by atoms with E-state index in [2.05, 4.69) is 4.74 Å². The summed E-state index contributed by atoms with van der Waals surface area (Å²) in [6.45, 7) is 6.41. The highest BCUT2D eigenvalue weighted by atomic mass is 19.4. The van der Waals surface area contributed by atoms with Crippen LogP contribution in [0.5, 0.6) is 0 Å². The molecule has 0 unspecified atom stereocenters. The number of nitrogens with zero attached hydrogens (tertiary/aromatic N) is 1. The Morgan fingerprint density at radius 3 is 2.36 bits per heavy atom. The molecule has 0 aliphatic heterocycles. The SMILES string of the molecule is CC(=O)c1cn(CC(=O)OC(C)(C)C)c2c1C=C(OC(F)(F)F)CC2. The summed E-state index contributed by atoms with van der Waals surface area (Å²) in [5, 5.41) is 0. The van der Waals surface area contributed by atoms with E-state index in [4.69, 9.17) is 4.74 Å². The van der Waals surface area contributed by atoms with Gasteiger partial charge in [0.05, 0.1) is 0 Å². The summed E-state index contributed by atoms with van der Waals surface area (Å²) >= 11 is 0. The van der Waals surface area contributed by atoms with E-state index in [1.54, 1.807) is 25.3 Å². The first-order chi connectivity index (χ1) is 11.4. The van der Waals surface area contributed by atoms with Gasteiger partial charge in [0.1, 0.15) is 17.9 Å². The van der Waals surface area contributed by atoms with Gasteiger partial charge in [-0.2, -0.15) is 0 Å². The van der Waals surface area contributed by atoms with Crippen molar-refractivity contribution in [1.29, 1.82) is 0 Å². The number of allylic oxidation sites excluding steroid dienone is 1. The Labute approximate surface area is 143 Å². The number of fused-ring (bicyclic) bond motifs is 1. The molecule has 0 saturated heterocycles. The summed E-state index contributed by atoms with van der Waals surface area (Å²) in [7, 11) is 0. The minimum Gasteiger partial charge on any atom is -0.459 e. The standard InChI is InChI=1S/C17H20F3NO4/c1-10(22)13-8-21(9-15(23)25-16(2,3)4)14-6-5-11(7-12(13)14)24-17(18,19)20/h7-8H,5-6,9H2,1-4H3. The molecule has 5 nitrogen and oxygen atoms in total. The Morgan fingerprint density at radius 2 is 1.84 bits per heavy atom. The summed E-state index contributed by atoms with van der Waals surface area (Å²) in [6.07, 6.45) is -1.83. The molecule has 2 rings (SSSR count). The van der Waals surface area contributed by atoms with Gasteiger partial charge in [0.2, 0.25) is 0 Å². The van der Waals surface area contributed by atoms with E-state index in [1.807, 2.05) is 0 Å². The predicted molar refractivity (Wildman–Crippen MR) is 83.7 cm³/mol. The van der Waals surface area contributed by atoms with Crippen LogP contribution >= 0.6 is 0 Å². The highest BCUT2D eigenvalue weighted by Gasteiger charge is 2.34. The molecule has 1 aromatic rings. The first kappa shape index (κ1) is 19.1. The normalized spacial score (nSPS) is 14.6. The van der Waals surface area contributed by atoms with Crippen molar-refractivity contribution in [2.45, 2.75) is 59.0 Å². The molecular formula is C17H20F3NO4. The van der Waals surface area contributed by atoms with Crippen molar-refractivity contribution in [2.24, 2.45) is 0 Å². The molecule has 0 fully saturated rings. The van der Waals surface area contributed by atoms with Crippen LogP contribution in [0.15, 0.2) is 12.0 Å². The van der Waals surface area contributed by atoms with Crippen LogP contribution in [0, 0.1) is 0 Å².